The number of aromatic nitrogens is 3. The minimum Gasteiger partial charge on any atom is -0.461 e. The van der Waals surface area contributed by atoms with Crippen LogP contribution in [0, 0.1) is 5.41 Å². The van der Waals surface area contributed by atoms with Gasteiger partial charge in [-0.25, -0.2) is 14.5 Å². The van der Waals surface area contributed by atoms with Gasteiger partial charge in [0.05, 0.1) is 23.4 Å². The molecule has 0 aliphatic heterocycles. The molecule has 2 heterocycles. The highest BCUT2D eigenvalue weighted by atomic mass is 35.5. The van der Waals surface area contributed by atoms with Crippen LogP contribution in [0.2, 0.25) is 0 Å². The molecule has 0 N–H and O–H groups in total. The van der Waals surface area contributed by atoms with Crippen LogP contribution in [0.5, 0.6) is 0 Å². The Morgan fingerprint density at radius 2 is 2.04 bits per heavy atom. The topological polar surface area (TPSA) is 57.0 Å². The Morgan fingerprint density at radius 1 is 1.30 bits per heavy atom. The van der Waals surface area contributed by atoms with Crippen LogP contribution in [0.4, 0.5) is 0 Å². The van der Waals surface area contributed by atoms with E-state index >= 15 is 0 Å². The lowest BCUT2D eigenvalue weighted by molar-refractivity contribution is 0.0521. The summed E-state index contributed by atoms with van der Waals surface area (Å²) in [6.07, 6.45) is 2.80. The average molecular weight is 382 g/mol. The number of hydrogen-bond donors (Lipinski definition) is 0. The second kappa shape index (κ2) is 6.50. The van der Waals surface area contributed by atoms with Crippen LogP contribution < -0.4 is 0 Å². The van der Waals surface area contributed by atoms with E-state index in [4.69, 9.17) is 21.3 Å². The number of para-hydroxylation sites is 1. The third kappa shape index (κ3) is 3.12. The summed E-state index contributed by atoms with van der Waals surface area (Å²) in [6.45, 7) is 6.31. The van der Waals surface area contributed by atoms with Crippen LogP contribution in [-0.4, -0.2) is 27.3 Å². The van der Waals surface area contributed by atoms with Crippen LogP contribution in [0.25, 0.3) is 21.8 Å². The molecule has 1 aliphatic rings. The summed E-state index contributed by atoms with van der Waals surface area (Å²) >= 11 is 6.53. The first-order valence-electron chi connectivity index (χ1n) is 8.93. The van der Waals surface area contributed by atoms with Gasteiger partial charge < -0.3 is 4.74 Å². The second-order valence-corrected chi connectivity index (χ2v) is 7.74. The quantitative estimate of drug-likeness (QED) is 0.614. The van der Waals surface area contributed by atoms with Gasteiger partial charge in [-0.05, 0) is 37.0 Å². The maximum Gasteiger partial charge on any atom is 0.359 e. The molecule has 0 atom stereocenters. The maximum atomic E-state index is 12.5. The van der Waals surface area contributed by atoms with E-state index in [-0.39, 0.29) is 17.7 Å². The first-order valence-corrected chi connectivity index (χ1v) is 9.31. The number of carbonyl (C=O) groups excluding carboxylic acids is 1. The van der Waals surface area contributed by atoms with Crippen molar-refractivity contribution in [3.63, 3.8) is 0 Å². The van der Waals surface area contributed by atoms with Crippen LogP contribution in [-0.2, 0) is 11.2 Å². The van der Waals surface area contributed by atoms with Gasteiger partial charge in [0.25, 0.3) is 0 Å². The van der Waals surface area contributed by atoms with E-state index in [0.29, 0.717) is 16.1 Å². The molecule has 0 radical (unpaired) electrons. The number of rotatable bonds is 3. The highest BCUT2D eigenvalue weighted by Crippen LogP contribution is 2.39. The van der Waals surface area contributed by atoms with Gasteiger partial charge in [0.2, 0.25) is 0 Å². The number of fused-ring (bicyclic) bond motifs is 2. The molecule has 1 aliphatic carbocycles. The van der Waals surface area contributed by atoms with Crippen molar-refractivity contribution in [2.75, 3.05) is 6.61 Å². The van der Waals surface area contributed by atoms with E-state index in [0.717, 1.165) is 23.4 Å². The van der Waals surface area contributed by atoms with Crippen LogP contribution in [0.3, 0.4) is 0 Å². The van der Waals surface area contributed by atoms with E-state index < -0.39 is 5.97 Å². The molecule has 0 spiro atoms. The largest absolute Gasteiger partial charge is 0.461 e. The predicted molar refractivity (Wildman–Crippen MR) is 106 cm³/mol. The molecule has 0 amide bonds. The first kappa shape index (κ1) is 17.7. The summed E-state index contributed by atoms with van der Waals surface area (Å²) in [5.41, 5.74) is 3.40. The Bertz CT molecular complexity index is 1070. The Hall–Kier alpha value is -2.66. The maximum absolute atomic E-state index is 12.5. The van der Waals surface area contributed by atoms with Gasteiger partial charge in [0, 0.05) is 10.6 Å². The van der Waals surface area contributed by atoms with E-state index in [1.165, 1.54) is 0 Å². The molecule has 0 saturated carbocycles. The second-order valence-electron chi connectivity index (χ2n) is 7.33. The molecule has 0 bridgehead atoms. The molecule has 1 aromatic carbocycles. The lowest BCUT2D eigenvalue weighted by Crippen LogP contribution is -2.18. The van der Waals surface area contributed by atoms with E-state index in [1.54, 1.807) is 11.6 Å². The molecule has 27 heavy (non-hydrogen) atoms. The Morgan fingerprint density at radius 3 is 2.74 bits per heavy atom. The number of halogens is 1. The van der Waals surface area contributed by atoms with E-state index in [1.807, 2.05) is 42.5 Å². The van der Waals surface area contributed by atoms with Crippen LogP contribution >= 0.6 is 11.6 Å². The lowest BCUT2D eigenvalue weighted by atomic mass is 9.81. The van der Waals surface area contributed by atoms with Crippen molar-refractivity contribution < 1.29 is 9.53 Å². The minimum atomic E-state index is -0.463. The number of benzene rings is 1. The molecule has 4 rings (SSSR count). The van der Waals surface area contributed by atoms with Crippen molar-refractivity contribution in [3.05, 3.63) is 59.4 Å². The molecular formula is C21H20ClN3O2. The van der Waals surface area contributed by atoms with Crippen LogP contribution in [0.15, 0.2) is 42.5 Å². The summed E-state index contributed by atoms with van der Waals surface area (Å²) in [5, 5.41) is 5.82. The number of esters is 1. The van der Waals surface area contributed by atoms with Gasteiger partial charge in [-0.1, -0.05) is 49.7 Å². The molecular weight excluding hydrogens is 362 g/mol. The average Bonchev–Trinajstić information content (AvgIpc) is 2.99. The van der Waals surface area contributed by atoms with E-state index in [9.17, 15) is 4.79 Å². The monoisotopic (exact) mass is 381 g/mol. The molecule has 2 aromatic heterocycles. The first-order chi connectivity index (χ1) is 12.9. The molecule has 6 heteroatoms. The molecule has 0 unspecified atom stereocenters. The Balaban J connectivity index is 2.00. The lowest BCUT2D eigenvalue weighted by Gasteiger charge is -2.26. The van der Waals surface area contributed by atoms with Gasteiger partial charge in [-0.15, -0.1) is 0 Å². The number of allylic oxidation sites excluding steroid dienone is 1. The Labute approximate surface area is 162 Å². The normalized spacial score (nSPS) is 15.3. The number of pyridine rings is 1. The highest BCUT2D eigenvalue weighted by Gasteiger charge is 2.29. The predicted octanol–water partition coefficient (Wildman–Crippen LogP) is 4.76. The summed E-state index contributed by atoms with van der Waals surface area (Å²) < 4.78 is 6.89. The zero-order valence-electron chi connectivity index (χ0n) is 15.5. The standard InChI is InChI=1S/C21H20ClN3O2/c1-4-27-20(26)18-15-10-14-16(22)11-21(2,3)12-17(14)23-19(15)25(24-18)13-8-6-5-7-9-13/h5-11H,4,12H2,1-3H3. The third-order valence-electron chi connectivity index (χ3n) is 4.60. The molecule has 138 valence electrons. The summed E-state index contributed by atoms with van der Waals surface area (Å²) in [4.78, 5) is 17.4. The van der Waals surface area contributed by atoms with Crippen molar-refractivity contribution >= 4 is 33.6 Å². The zero-order valence-corrected chi connectivity index (χ0v) is 16.2. The number of carbonyl (C=O) groups is 1. The SMILES string of the molecule is CCOC(=O)c1nn(-c2ccccc2)c2nc3c(cc12)C(Cl)=CC(C)(C)C3. The zero-order chi connectivity index (χ0) is 19.2. The van der Waals surface area contributed by atoms with Crippen molar-refractivity contribution in [3.8, 4) is 5.69 Å². The number of ether oxygens (including phenoxy) is 1. The summed E-state index contributed by atoms with van der Waals surface area (Å²) in [6, 6.07) is 11.6. The number of hydrogen-bond acceptors (Lipinski definition) is 4. The molecule has 0 saturated heterocycles. The van der Waals surface area contributed by atoms with Crippen molar-refractivity contribution in [1.29, 1.82) is 0 Å². The number of nitrogens with zero attached hydrogens (tertiary/aromatic N) is 3. The van der Waals surface area contributed by atoms with Crippen LogP contribution in [0.1, 0.15) is 42.5 Å². The van der Waals surface area contributed by atoms with Gasteiger partial charge >= 0.3 is 5.97 Å². The van der Waals surface area contributed by atoms with E-state index in [2.05, 4.69) is 18.9 Å². The van der Waals surface area contributed by atoms with Crippen molar-refractivity contribution in [1.82, 2.24) is 14.8 Å². The Kier molecular flexibility index (Phi) is 4.27. The molecule has 3 aromatic rings. The van der Waals surface area contributed by atoms with Gasteiger partial charge in [-0.2, -0.15) is 5.10 Å². The van der Waals surface area contributed by atoms with Crippen molar-refractivity contribution in [2.45, 2.75) is 27.2 Å². The third-order valence-corrected chi connectivity index (χ3v) is 4.92. The fourth-order valence-corrected chi connectivity index (χ4v) is 3.88. The van der Waals surface area contributed by atoms with Gasteiger partial charge in [0.15, 0.2) is 11.3 Å². The fourth-order valence-electron chi connectivity index (χ4n) is 3.42. The molecule has 5 nitrogen and oxygen atoms in total. The smallest absolute Gasteiger partial charge is 0.359 e. The highest BCUT2D eigenvalue weighted by molar-refractivity contribution is 6.49. The fraction of sp³-hybridized carbons (Fsp3) is 0.286. The summed E-state index contributed by atoms with van der Waals surface area (Å²) in [5.74, 6) is -0.463. The van der Waals surface area contributed by atoms with Crippen molar-refractivity contribution in [2.24, 2.45) is 5.41 Å². The van der Waals surface area contributed by atoms with Gasteiger partial charge in [-0.3, -0.25) is 0 Å². The minimum absolute atomic E-state index is 0.0771. The molecule has 0 fully saturated rings. The van der Waals surface area contributed by atoms with Gasteiger partial charge in [0.1, 0.15) is 0 Å². The summed E-state index contributed by atoms with van der Waals surface area (Å²) in [7, 11) is 0.